The van der Waals surface area contributed by atoms with E-state index in [0.29, 0.717) is 5.82 Å². The van der Waals surface area contributed by atoms with Gasteiger partial charge in [-0.05, 0) is 19.9 Å². The van der Waals surface area contributed by atoms with Crippen molar-refractivity contribution in [1.29, 1.82) is 0 Å². The van der Waals surface area contributed by atoms with Crippen molar-refractivity contribution in [3.05, 3.63) is 11.8 Å². The molecule has 0 amide bonds. The van der Waals surface area contributed by atoms with Crippen molar-refractivity contribution < 1.29 is 4.52 Å². The number of nitrogen functional groups attached to an aromatic ring is 1. The van der Waals surface area contributed by atoms with Gasteiger partial charge in [0, 0.05) is 32.2 Å². The van der Waals surface area contributed by atoms with Crippen LogP contribution in [-0.2, 0) is 0 Å². The Morgan fingerprint density at radius 2 is 2.11 bits per heavy atom. The molecule has 1 aromatic heterocycles. The van der Waals surface area contributed by atoms with Crippen molar-refractivity contribution in [2.24, 2.45) is 0 Å². The van der Waals surface area contributed by atoms with Crippen LogP contribution in [0.3, 0.4) is 0 Å². The van der Waals surface area contributed by atoms with E-state index in [1.807, 2.05) is 6.07 Å². The largest absolute Gasteiger partial charge is 0.381 e. The van der Waals surface area contributed by atoms with Crippen molar-refractivity contribution >= 4 is 5.82 Å². The molecule has 0 radical (unpaired) electrons. The van der Waals surface area contributed by atoms with E-state index in [0.717, 1.165) is 31.9 Å². The average molecular weight is 252 g/mol. The Hall–Kier alpha value is -1.07. The van der Waals surface area contributed by atoms with Crippen molar-refractivity contribution in [3.8, 4) is 0 Å². The first-order valence-corrected chi connectivity index (χ1v) is 6.89. The minimum atomic E-state index is 0.267. The lowest BCUT2D eigenvalue weighted by Gasteiger charge is -2.37. The lowest BCUT2D eigenvalue weighted by atomic mass is 10.2. The van der Waals surface area contributed by atoms with Gasteiger partial charge in [-0.2, -0.15) is 0 Å². The zero-order valence-electron chi connectivity index (χ0n) is 11.4. The summed E-state index contributed by atoms with van der Waals surface area (Å²) in [6.07, 6.45) is 2.57. The number of piperazine rings is 1. The normalized spacial score (nSPS) is 20.1. The molecule has 5 nitrogen and oxygen atoms in total. The van der Waals surface area contributed by atoms with Crippen LogP contribution in [0.2, 0.25) is 0 Å². The first-order chi connectivity index (χ1) is 8.70. The summed E-state index contributed by atoms with van der Waals surface area (Å²) in [7, 11) is 0. The van der Waals surface area contributed by atoms with Gasteiger partial charge in [-0.15, -0.1) is 0 Å². The number of hydrogen-bond donors (Lipinski definition) is 1. The van der Waals surface area contributed by atoms with Gasteiger partial charge in [0.2, 0.25) is 0 Å². The van der Waals surface area contributed by atoms with Gasteiger partial charge >= 0.3 is 0 Å². The van der Waals surface area contributed by atoms with E-state index < -0.39 is 0 Å². The lowest BCUT2D eigenvalue weighted by Crippen LogP contribution is -2.47. The SMILES string of the molecule is CCCCN1CCN(C(C)c2cc(N)no2)CC1. The van der Waals surface area contributed by atoms with Gasteiger partial charge in [0.15, 0.2) is 11.6 Å². The number of anilines is 1. The van der Waals surface area contributed by atoms with E-state index in [1.165, 1.54) is 19.4 Å². The summed E-state index contributed by atoms with van der Waals surface area (Å²) in [5, 5.41) is 3.75. The third kappa shape index (κ3) is 3.23. The molecule has 1 saturated heterocycles. The maximum atomic E-state index is 5.59. The quantitative estimate of drug-likeness (QED) is 0.865. The Kier molecular flexibility index (Phi) is 4.60. The number of nitrogens with two attached hydrogens (primary N) is 1. The second-order valence-corrected chi connectivity index (χ2v) is 5.06. The molecule has 5 heteroatoms. The number of nitrogens with zero attached hydrogens (tertiary/aromatic N) is 3. The predicted molar refractivity (Wildman–Crippen MR) is 72.3 cm³/mol. The zero-order valence-corrected chi connectivity index (χ0v) is 11.4. The molecule has 1 aliphatic heterocycles. The Balaban J connectivity index is 1.82. The fraction of sp³-hybridized carbons (Fsp3) is 0.769. The van der Waals surface area contributed by atoms with Crippen LogP contribution in [-0.4, -0.2) is 47.7 Å². The first kappa shape index (κ1) is 13.4. The van der Waals surface area contributed by atoms with E-state index in [2.05, 4.69) is 28.8 Å². The molecule has 0 aromatic carbocycles. The van der Waals surface area contributed by atoms with Gasteiger partial charge in [0.25, 0.3) is 0 Å². The monoisotopic (exact) mass is 252 g/mol. The molecule has 1 fully saturated rings. The molecular formula is C13H24N4O. The Labute approximate surface area is 109 Å². The van der Waals surface area contributed by atoms with Crippen LogP contribution in [0.5, 0.6) is 0 Å². The van der Waals surface area contributed by atoms with Gasteiger partial charge < -0.3 is 15.2 Å². The summed E-state index contributed by atoms with van der Waals surface area (Å²) in [5.74, 6) is 1.34. The van der Waals surface area contributed by atoms with Gasteiger partial charge in [-0.1, -0.05) is 18.5 Å². The van der Waals surface area contributed by atoms with Gasteiger partial charge in [0.05, 0.1) is 6.04 Å². The molecule has 0 aliphatic carbocycles. The molecule has 0 bridgehead atoms. The highest BCUT2D eigenvalue weighted by Gasteiger charge is 2.24. The van der Waals surface area contributed by atoms with Crippen LogP contribution in [0.15, 0.2) is 10.6 Å². The number of unbranched alkanes of at least 4 members (excludes halogenated alkanes) is 1. The highest BCUT2D eigenvalue weighted by Crippen LogP contribution is 2.22. The maximum absolute atomic E-state index is 5.59. The summed E-state index contributed by atoms with van der Waals surface area (Å²) < 4.78 is 5.24. The lowest BCUT2D eigenvalue weighted by molar-refractivity contribution is 0.0899. The van der Waals surface area contributed by atoms with E-state index >= 15 is 0 Å². The molecule has 18 heavy (non-hydrogen) atoms. The second-order valence-electron chi connectivity index (χ2n) is 5.06. The van der Waals surface area contributed by atoms with Crippen LogP contribution in [0.4, 0.5) is 5.82 Å². The topological polar surface area (TPSA) is 58.5 Å². The standard InChI is InChI=1S/C13H24N4O/c1-3-4-5-16-6-8-17(9-7-16)11(2)12-10-13(14)15-18-12/h10-11H,3-9H2,1-2H3,(H2,14,15). The third-order valence-corrected chi connectivity index (χ3v) is 3.74. The zero-order chi connectivity index (χ0) is 13.0. The fourth-order valence-electron chi connectivity index (χ4n) is 2.44. The van der Waals surface area contributed by atoms with Crippen molar-refractivity contribution in [2.75, 3.05) is 38.5 Å². The molecule has 1 aliphatic rings. The first-order valence-electron chi connectivity index (χ1n) is 6.89. The molecular weight excluding hydrogens is 228 g/mol. The maximum Gasteiger partial charge on any atom is 0.167 e. The van der Waals surface area contributed by atoms with Crippen LogP contribution in [0.1, 0.15) is 38.5 Å². The molecule has 1 aromatic rings. The molecule has 2 rings (SSSR count). The van der Waals surface area contributed by atoms with Gasteiger partial charge in [-0.25, -0.2) is 0 Å². The molecule has 1 atom stereocenters. The Bertz CT molecular complexity index is 358. The van der Waals surface area contributed by atoms with Crippen LogP contribution >= 0.6 is 0 Å². The van der Waals surface area contributed by atoms with E-state index in [1.54, 1.807) is 0 Å². The van der Waals surface area contributed by atoms with E-state index in [9.17, 15) is 0 Å². The molecule has 1 unspecified atom stereocenters. The predicted octanol–water partition coefficient (Wildman–Crippen LogP) is 1.74. The van der Waals surface area contributed by atoms with Crippen molar-refractivity contribution in [2.45, 2.75) is 32.7 Å². The second kappa shape index (κ2) is 6.20. The van der Waals surface area contributed by atoms with Crippen LogP contribution < -0.4 is 5.73 Å². The minimum Gasteiger partial charge on any atom is -0.381 e. The minimum absolute atomic E-state index is 0.267. The average Bonchev–Trinajstić information content (AvgIpc) is 2.83. The molecule has 0 saturated carbocycles. The highest BCUT2D eigenvalue weighted by molar-refractivity contribution is 5.27. The molecule has 2 heterocycles. The van der Waals surface area contributed by atoms with E-state index in [4.69, 9.17) is 10.3 Å². The van der Waals surface area contributed by atoms with Gasteiger partial charge in [0.1, 0.15) is 0 Å². The fourth-order valence-corrected chi connectivity index (χ4v) is 2.44. The smallest absolute Gasteiger partial charge is 0.167 e. The van der Waals surface area contributed by atoms with Crippen molar-refractivity contribution in [1.82, 2.24) is 15.0 Å². The molecule has 0 spiro atoms. The summed E-state index contributed by atoms with van der Waals surface area (Å²) in [6, 6.07) is 2.09. The van der Waals surface area contributed by atoms with Crippen molar-refractivity contribution in [3.63, 3.8) is 0 Å². The molecule has 2 N–H and O–H groups in total. The Morgan fingerprint density at radius 1 is 1.39 bits per heavy atom. The number of hydrogen-bond acceptors (Lipinski definition) is 5. The van der Waals surface area contributed by atoms with Crippen LogP contribution in [0.25, 0.3) is 0 Å². The number of aromatic nitrogens is 1. The van der Waals surface area contributed by atoms with Crippen LogP contribution in [0, 0.1) is 0 Å². The third-order valence-electron chi connectivity index (χ3n) is 3.74. The summed E-state index contributed by atoms with van der Waals surface area (Å²) in [5.41, 5.74) is 5.59. The number of rotatable bonds is 5. The Morgan fingerprint density at radius 3 is 2.67 bits per heavy atom. The van der Waals surface area contributed by atoms with E-state index in [-0.39, 0.29) is 6.04 Å². The summed E-state index contributed by atoms with van der Waals surface area (Å²) >= 11 is 0. The summed E-state index contributed by atoms with van der Waals surface area (Å²) in [4.78, 5) is 4.98. The van der Waals surface area contributed by atoms with Gasteiger partial charge in [-0.3, -0.25) is 4.90 Å². The molecule has 102 valence electrons. The summed E-state index contributed by atoms with van der Waals surface area (Å²) in [6.45, 7) is 10.1. The highest BCUT2D eigenvalue weighted by atomic mass is 16.5.